The smallest absolute Gasteiger partial charge is 0.0399 e. The van der Waals surface area contributed by atoms with Crippen LogP contribution in [0.3, 0.4) is 0 Å². The number of rotatable bonds is 5. The van der Waals surface area contributed by atoms with Gasteiger partial charge < -0.3 is 10.6 Å². The molecule has 17 heavy (non-hydrogen) atoms. The third-order valence-corrected chi connectivity index (χ3v) is 3.55. The highest BCUT2D eigenvalue weighted by molar-refractivity contribution is 5.56. The highest BCUT2D eigenvalue weighted by Gasteiger charge is 2.20. The van der Waals surface area contributed by atoms with Crippen molar-refractivity contribution in [1.29, 1.82) is 0 Å². The molecule has 2 heteroatoms. The van der Waals surface area contributed by atoms with Gasteiger partial charge in [-0.15, -0.1) is 0 Å². The van der Waals surface area contributed by atoms with E-state index >= 15 is 0 Å². The molecule has 0 radical (unpaired) electrons. The summed E-state index contributed by atoms with van der Waals surface area (Å²) < 4.78 is 0. The van der Waals surface area contributed by atoms with Crippen molar-refractivity contribution in [1.82, 2.24) is 0 Å². The summed E-state index contributed by atoms with van der Waals surface area (Å²) in [6.45, 7) is 4.43. The Morgan fingerprint density at radius 2 is 2.06 bits per heavy atom. The highest BCUT2D eigenvalue weighted by Crippen LogP contribution is 2.26. The van der Waals surface area contributed by atoms with Gasteiger partial charge in [-0.1, -0.05) is 44.4 Å². The molecular formula is C15H24N2. The van der Waals surface area contributed by atoms with Crippen molar-refractivity contribution < 1.29 is 0 Å². The molecule has 0 aliphatic carbocycles. The Labute approximate surface area is 105 Å². The second-order valence-electron chi connectivity index (χ2n) is 5.10. The van der Waals surface area contributed by atoms with Gasteiger partial charge in [-0.2, -0.15) is 0 Å². The van der Waals surface area contributed by atoms with E-state index in [1.807, 2.05) is 0 Å². The molecular weight excluding hydrogens is 208 g/mol. The Bertz CT molecular complexity index is 349. The highest BCUT2D eigenvalue weighted by atomic mass is 15.1. The second-order valence-corrected chi connectivity index (χ2v) is 5.10. The number of para-hydroxylation sites is 1. The van der Waals surface area contributed by atoms with Crippen molar-refractivity contribution in [3.8, 4) is 0 Å². The van der Waals surface area contributed by atoms with E-state index in [-0.39, 0.29) is 0 Å². The molecule has 1 aromatic rings. The molecule has 2 nitrogen and oxygen atoms in total. The van der Waals surface area contributed by atoms with Gasteiger partial charge in [-0.3, -0.25) is 0 Å². The number of fused-ring (bicyclic) bond motifs is 1. The van der Waals surface area contributed by atoms with E-state index < -0.39 is 0 Å². The predicted molar refractivity (Wildman–Crippen MR) is 74.5 cm³/mol. The van der Waals surface area contributed by atoms with E-state index in [2.05, 4.69) is 36.1 Å². The molecule has 0 saturated carbocycles. The molecule has 0 spiro atoms. The van der Waals surface area contributed by atoms with Gasteiger partial charge in [-0.05, 0) is 24.5 Å². The molecule has 94 valence electrons. The van der Waals surface area contributed by atoms with Crippen molar-refractivity contribution in [2.45, 2.75) is 45.1 Å². The van der Waals surface area contributed by atoms with E-state index in [9.17, 15) is 0 Å². The quantitative estimate of drug-likeness (QED) is 0.791. The van der Waals surface area contributed by atoms with E-state index in [4.69, 9.17) is 5.73 Å². The number of unbranched alkanes of at least 4 members (excludes halogenated alkanes) is 3. The van der Waals surface area contributed by atoms with Gasteiger partial charge in [0.15, 0.2) is 0 Å². The first-order chi connectivity index (χ1) is 8.31. The lowest BCUT2D eigenvalue weighted by molar-refractivity contribution is 0.573. The Kier molecular flexibility index (Phi) is 4.43. The second kappa shape index (κ2) is 6.06. The average molecular weight is 232 g/mol. The normalized spacial score (nSPS) is 19.2. The molecule has 1 heterocycles. The first kappa shape index (κ1) is 12.4. The van der Waals surface area contributed by atoms with Crippen molar-refractivity contribution in [3.05, 3.63) is 29.8 Å². The molecule has 0 saturated heterocycles. The fourth-order valence-corrected chi connectivity index (χ4v) is 2.66. The minimum Gasteiger partial charge on any atom is -0.370 e. The number of benzene rings is 1. The summed E-state index contributed by atoms with van der Waals surface area (Å²) in [4.78, 5) is 2.47. The van der Waals surface area contributed by atoms with Crippen LogP contribution in [0.2, 0.25) is 0 Å². The van der Waals surface area contributed by atoms with E-state index in [1.54, 1.807) is 0 Å². The van der Waals surface area contributed by atoms with Crippen LogP contribution in [-0.4, -0.2) is 19.1 Å². The molecule has 2 rings (SSSR count). The molecule has 0 fully saturated rings. The fraction of sp³-hybridized carbons (Fsp3) is 0.600. The number of nitrogens with two attached hydrogens (primary N) is 1. The first-order valence-corrected chi connectivity index (χ1v) is 6.89. The summed E-state index contributed by atoms with van der Waals surface area (Å²) in [5, 5.41) is 0. The Morgan fingerprint density at radius 3 is 2.88 bits per heavy atom. The number of nitrogens with zero attached hydrogens (tertiary/aromatic N) is 1. The van der Waals surface area contributed by atoms with E-state index in [1.165, 1.54) is 36.9 Å². The van der Waals surface area contributed by atoms with Crippen molar-refractivity contribution in [2.75, 3.05) is 18.0 Å². The van der Waals surface area contributed by atoms with E-state index in [0.29, 0.717) is 6.04 Å². The Balaban J connectivity index is 1.97. The maximum atomic E-state index is 6.13. The van der Waals surface area contributed by atoms with Crippen molar-refractivity contribution in [2.24, 2.45) is 5.73 Å². The molecule has 1 aliphatic rings. The van der Waals surface area contributed by atoms with Crippen molar-refractivity contribution >= 4 is 5.69 Å². The first-order valence-electron chi connectivity index (χ1n) is 6.89. The van der Waals surface area contributed by atoms with Crippen LogP contribution in [-0.2, 0) is 6.42 Å². The molecule has 0 bridgehead atoms. The summed E-state index contributed by atoms with van der Waals surface area (Å²) in [7, 11) is 0. The maximum Gasteiger partial charge on any atom is 0.0399 e. The van der Waals surface area contributed by atoms with Crippen LogP contribution < -0.4 is 10.6 Å². The minimum absolute atomic E-state index is 0.302. The summed E-state index contributed by atoms with van der Waals surface area (Å²) >= 11 is 0. The van der Waals surface area contributed by atoms with E-state index in [0.717, 1.165) is 19.5 Å². The predicted octanol–water partition coefficient (Wildman–Crippen LogP) is 2.96. The zero-order chi connectivity index (χ0) is 12.1. The standard InChI is InChI=1S/C15H24N2/c1-2-3-4-7-10-17-12-14(16)11-13-8-5-6-9-15(13)17/h5-6,8-9,14H,2-4,7,10-12,16H2,1H3. The van der Waals surface area contributed by atoms with Crippen LogP contribution in [0.25, 0.3) is 0 Å². The van der Waals surface area contributed by atoms with Gasteiger partial charge in [0.05, 0.1) is 0 Å². The average Bonchev–Trinajstić information content (AvgIpc) is 2.34. The van der Waals surface area contributed by atoms with Crippen LogP contribution in [0.4, 0.5) is 5.69 Å². The fourth-order valence-electron chi connectivity index (χ4n) is 2.66. The lowest BCUT2D eigenvalue weighted by atomic mass is 9.98. The molecule has 1 unspecified atom stereocenters. The summed E-state index contributed by atoms with van der Waals surface area (Å²) in [5.74, 6) is 0. The van der Waals surface area contributed by atoms with Crippen LogP contribution in [0.15, 0.2) is 24.3 Å². The molecule has 0 amide bonds. The summed E-state index contributed by atoms with van der Waals surface area (Å²) in [5.41, 5.74) is 8.96. The lowest BCUT2D eigenvalue weighted by Gasteiger charge is -2.34. The third-order valence-electron chi connectivity index (χ3n) is 3.55. The molecule has 1 aromatic carbocycles. The van der Waals surface area contributed by atoms with Crippen LogP contribution in [0.5, 0.6) is 0 Å². The monoisotopic (exact) mass is 232 g/mol. The molecule has 1 atom stereocenters. The zero-order valence-corrected chi connectivity index (χ0v) is 10.9. The van der Waals surface area contributed by atoms with Gasteiger partial charge in [0.25, 0.3) is 0 Å². The van der Waals surface area contributed by atoms with Gasteiger partial charge in [0, 0.05) is 24.8 Å². The Morgan fingerprint density at radius 1 is 1.24 bits per heavy atom. The van der Waals surface area contributed by atoms with Crippen LogP contribution >= 0.6 is 0 Å². The minimum atomic E-state index is 0.302. The van der Waals surface area contributed by atoms with Gasteiger partial charge in [-0.25, -0.2) is 0 Å². The van der Waals surface area contributed by atoms with Gasteiger partial charge in [0.1, 0.15) is 0 Å². The Hall–Kier alpha value is -1.02. The van der Waals surface area contributed by atoms with Gasteiger partial charge in [0.2, 0.25) is 0 Å². The van der Waals surface area contributed by atoms with Gasteiger partial charge >= 0.3 is 0 Å². The number of hydrogen-bond acceptors (Lipinski definition) is 2. The molecule has 2 N–H and O–H groups in total. The zero-order valence-electron chi connectivity index (χ0n) is 10.9. The van der Waals surface area contributed by atoms with Crippen LogP contribution in [0, 0.1) is 0 Å². The SMILES string of the molecule is CCCCCCN1CC(N)Cc2ccccc21. The van der Waals surface area contributed by atoms with Crippen LogP contribution in [0.1, 0.15) is 38.2 Å². The third kappa shape index (κ3) is 3.22. The number of hydrogen-bond donors (Lipinski definition) is 1. The molecule has 0 aromatic heterocycles. The van der Waals surface area contributed by atoms with Crippen molar-refractivity contribution in [3.63, 3.8) is 0 Å². The summed E-state index contributed by atoms with van der Waals surface area (Å²) in [6.07, 6.45) is 6.30. The molecule has 1 aliphatic heterocycles. The topological polar surface area (TPSA) is 29.3 Å². The largest absolute Gasteiger partial charge is 0.370 e. The number of anilines is 1. The maximum absolute atomic E-state index is 6.13. The summed E-state index contributed by atoms with van der Waals surface area (Å²) in [6, 6.07) is 9.01. The lowest BCUT2D eigenvalue weighted by Crippen LogP contribution is -2.43.